The number of nitrogens with one attached hydrogen (secondary N) is 1. The zero-order valence-electron chi connectivity index (χ0n) is 14.7. The van der Waals surface area contributed by atoms with Gasteiger partial charge in [-0.15, -0.1) is 0 Å². The molecule has 2 aromatic carbocycles. The number of halogens is 1. The molecule has 2 amide bonds. The maximum atomic E-state index is 12.5. The summed E-state index contributed by atoms with van der Waals surface area (Å²) in [6.07, 6.45) is 2.06. The minimum absolute atomic E-state index is 0.147. The Morgan fingerprint density at radius 1 is 1.19 bits per heavy atom. The molecule has 0 bridgehead atoms. The second-order valence-corrected chi connectivity index (χ2v) is 6.05. The van der Waals surface area contributed by atoms with Gasteiger partial charge in [-0.3, -0.25) is 9.59 Å². The molecule has 0 fully saturated rings. The van der Waals surface area contributed by atoms with Gasteiger partial charge in [0.25, 0.3) is 11.8 Å². The van der Waals surface area contributed by atoms with Crippen molar-refractivity contribution in [3.63, 3.8) is 0 Å². The van der Waals surface area contributed by atoms with Crippen molar-refractivity contribution >= 4 is 29.1 Å². The number of amides is 2. The highest BCUT2D eigenvalue weighted by Crippen LogP contribution is 2.36. The number of ether oxygens (including phenoxy) is 2. The van der Waals surface area contributed by atoms with Crippen molar-refractivity contribution in [1.82, 2.24) is 0 Å². The molecule has 26 heavy (non-hydrogen) atoms. The molecule has 3 N–H and O–H groups in total. The lowest BCUT2D eigenvalue weighted by Gasteiger charge is -2.13. The average molecular weight is 377 g/mol. The molecule has 0 radical (unpaired) electrons. The number of nitrogens with two attached hydrogens (primary N) is 1. The van der Waals surface area contributed by atoms with Gasteiger partial charge in [-0.25, -0.2) is 0 Å². The van der Waals surface area contributed by atoms with E-state index in [2.05, 4.69) is 12.2 Å². The molecule has 0 aliphatic heterocycles. The van der Waals surface area contributed by atoms with Crippen LogP contribution in [-0.2, 0) is 11.2 Å². The molecular formula is C19H21ClN2O4. The molecular weight excluding hydrogens is 356 g/mol. The SMILES string of the molecule is CCCc1ccc(NC(=O)c2cc(Cl)c(OCC(N)=O)c(OC)c2)cc1. The molecule has 7 heteroatoms. The molecule has 2 aromatic rings. The van der Waals surface area contributed by atoms with Gasteiger partial charge in [0, 0.05) is 11.3 Å². The first-order valence-corrected chi connectivity index (χ1v) is 8.51. The predicted octanol–water partition coefficient (Wildman–Crippen LogP) is 3.42. The van der Waals surface area contributed by atoms with E-state index in [4.69, 9.17) is 26.8 Å². The molecule has 0 aromatic heterocycles. The van der Waals surface area contributed by atoms with Crippen LogP contribution in [0.4, 0.5) is 5.69 Å². The van der Waals surface area contributed by atoms with Gasteiger partial charge in [-0.2, -0.15) is 0 Å². The molecule has 0 unspecified atom stereocenters. The van der Waals surface area contributed by atoms with Crippen LogP contribution in [0.1, 0.15) is 29.3 Å². The molecule has 0 saturated carbocycles. The second kappa shape index (κ2) is 9.10. The lowest BCUT2D eigenvalue weighted by atomic mass is 10.1. The number of hydrogen-bond donors (Lipinski definition) is 2. The van der Waals surface area contributed by atoms with Gasteiger partial charge in [0.2, 0.25) is 0 Å². The quantitative estimate of drug-likeness (QED) is 0.738. The Morgan fingerprint density at radius 3 is 2.46 bits per heavy atom. The van der Waals surface area contributed by atoms with Crippen LogP contribution in [0.25, 0.3) is 0 Å². The molecule has 0 heterocycles. The zero-order valence-corrected chi connectivity index (χ0v) is 15.4. The van der Waals surface area contributed by atoms with E-state index >= 15 is 0 Å². The molecule has 0 saturated heterocycles. The van der Waals surface area contributed by atoms with E-state index < -0.39 is 5.91 Å². The Bertz CT molecular complexity index is 791. The molecule has 0 spiro atoms. The van der Waals surface area contributed by atoms with Crippen LogP contribution < -0.4 is 20.5 Å². The normalized spacial score (nSPS) is 10.3. The minimum Gasteiger partial charge on any atom is -0.493 e. The Balaban J connectivity index is 2.17. The minimum atomic E-state index is -0.642. The van der Waals surface area contributed by atoms with Gasteiger partial charge in [0.15, 0.2) is 18.1 Å². The highest BCUT2D eigenvalue weighted by molar-refractivity contribution is 6.32. The Labute approximate surface area is 157 Å². The second-order valence-electron chi connectivity index (χ2n) is 5.65. The number of hydrogen-bond acceptors (Lipinski definition) is 4. The van der Waals surface area contributed by atoms with Gasteiger partial charge >= 0.3 is 0 Å². The Morgan fingerprint density at radius 2 is 1.88 bits per heavy atom. The van der Waals surface area contributed by atoms with E-state index in [1.807, 2.05) is 24.3 Å². The number of aryl methyl sites for hydroxylation is 1. The number of rotatable bonds is 8. The maximum absolute atomic E-state index is 12.5. The summed E-state index contributed by atoms with van der Waals surface area (Å²) < 4.78 is 10.4. The van der Waals surface area contributed by atoms with Crippen molar-refractivity contribution in [3.05, 3.63) is 52.5 Å². The Hall–Kier alpha value is -2.73. The monoisotopic (exact) mass is 376 g/mol. The van der Waals surface area contributed by atoms with E-state index in [1.54, 1.807) is 0 Å². The first-order chi connectivity index (χ1) is 12.4. The summed E-state index contributed by atoms with van der Waals surface area (Å²) in [4.78, 5) is 23.4. The van der Waals surface area contributed by atoms with E-state index in [0.717, 1.165) is 12.8 Å². The van der Waals surface area contributed by atoms with Gasteiger partial charge in [0.1, 0.15) is 0 Å². The predicted molar refractivity (Wildman–Crippen MR) is 101 cm³/mol. The first-order valence-electron chi connectivity index (χ1n) is 8.13. The van der Waals surface area contributed by atoms with E-state index in [-0.39, 0.29) is 29.0 Å². The summed E-state index contributed by atoms with van der Waals surface area (Å²) in [6, 6.07) is 10.6. The third kappa shape index (κ3) is 5.13. The number of benzene rings is 2. The number of methoxy groups -OCH3 is 1. The third-order valence-electron chi connectivity index (χ3n) is 3.60. The lowest BCUT2D eigenvalue weighted by molar-refractivity contribution is -0.119. The molecule has 0 aliphatic rings. The fraction of sp³-hybridized carbons (Fsp3) is 0.263. The third-order valence-corrected chi connectivity index (χ3v) is 3.88. The fourth-order valence-corrected chi connectivity index (χ4v) is 2.65. The number of primary amides is 1. The van der Waals surface area contributed by atoms with E-state index in [0.29, 0.717) is 11.3 Å². The Kier molecular flexibility index (Phi) is 6.86. The van der Waals surface area contributed by atoms with Crippen LogP contribution in [0.3, 0.4) is 0 Å². The first kappa shape index (κ1) is 19.6. The van der Waals surface area contributed by atoms with E-state index in [9.17, 15) is 9.59 Å². The van der Waals surface area contributed by atoms with Gasteiger partial charge < -0.3 is 20.5 Å². The van der Waals surface area contributed by atoms with Crippen LogP contribution in [0, 0.1) is 0 Å². The largest absolute Gasteiger partial charge is 0.493 e. The highest BCUT2D eigenvalue weighted by atomic mass is 35.5. The van der Waals surface area contributed by atoms with Crippen molar-refractivity contribution in [2.24, 2.45) is 5.73 Å². The van der Waals surface area contributed by atoms with Gasteiger partial charge in [-0.05, 0) is 36.2 Å². The van der Waals surface area contributed by atoms with Crippen LogP contribution >= 0.6 is 11.6 Å². The van der Waals surface area contributed by atoms with Gasteiger partial charge in [-0.1, -0.05) is 37.1 Å². The number of carbonyl (C=O) groups is 2. The fourth-order valence-electron chi connectivity index (χ4n) is 2.38. The maximum Gasteiger partial charge on any atom is 0.255 e. The van der Waals surface area contributed by atoms with Crippen molar-refractivity contribution in [2.75, 3.05) is 19.0 Å². The van der Waals surface area contributed by atoms with Crippen LogP contribution in [-0.4, -0.2) is 25.5 Å². The summed E-state index contributed by atoms with van der Waals surface area (Å²) in [5.41, 5.74) is 7.26. The smallest absolute Gasteiger partial charge is 0.255 e. The molecule has 0 atom stereocenters. The van der Waals surface area contributed by atoms with Crippen LogP contribution in [0.2, 0.25) is 5.02 Å². The summed E-state index contributed by atoms with van der Waals surface area (Å²) in [5, 5.41) is 2.95. The summed E-state index contributed by atoms with van der Waals surface area (Å²) in [5.74, 6) is -0.581. The molecule has 138 valence electrons. The van der Waals surface area contributed by atoms with Crippen molar-refractivity contribution < 1.29 is 19.1 Å². The standard InChI is InChI=1S/C19H21ClN2O4/c1-3-4-12-5-7-14(8-6-12)22-19(24)13-9-15(20)18(16(10-13)25-2)26-11-17(21)23/h5-10H,3-4,11H2,1-2H3,(H2,21,23)(H,22,24). The molecule has 6 nitrogen and oxygen atoms in total. The van der Waals surface area contributed by atoms with Crippen LogP contribution in [0.5, 0.6) is 11.5 Å². The van der Waals surface area contributed by atoms with Crippen molar-refractivity contribution in [3.8, 4) is 11.5 Å². The van der Waals surface area contributed by atoms with Gasteiger partial charge in [0.05, 0.1) is 12.1 Å². The average Bonchev–Trinajstić information content (AvgIpc) is 2.61. The topological polar surface area (TPSA) is 90.6 Å². The summed E-state index contributed by atoms with van der Waals surface area (Å²) in [6.45, 7) is 1.77. The van der Waals surface area contributed by atoms with Crippen molar-refractivity contribution in [1.29, 1.82) is 0 Å². The molecule has 0 aliphatic carbocycles. The summed E-state index contributed by atoms with van der Waals surface area (Å²) in [7, 11) is 1.41. The number of carbonyl (C=O) groups excluding carboxylic acids is 2. The van der Waals surface area contributed by atoms with Crippen LogP contribution in [0.15, 0.2) is 36.4 Å². The zero-order chi connectivity index (χ0) is 19.1. The lowest BCUT2D eigenvalue weighted by Crippen LogP contribution is -2.20. The van der Waals surface area contributed by atoms with E-state index in [1.165, 1.54) is 24.8 Å². The highest BCUT2D eigenvalue weighted by Gasteiger charge is 2.17. The van der Waals surface area contributed by atoms with Crippen molar-refractivity contribution in [2.45, 2.75) is 19.8 Å². The molecule has 2 rings (SSSR count). The summed E-state index contributed by atoms with van der Waals surface area (Å²) >= 11 is 6.16. The number of anilines is 1.